The molecule has 35 heavy (non-hydrogen) atoms. The molecule has 186 valence electrons. The second-order valence-electron chi connectivity index (χ2n) is 8.29. The van der Waals surface area contributed by atoms with Gasteiger partial charge < -0.3 is 25.2 Å². The van der Waals surface area contributed by atoms with Crippen LogP contribution >= 0.6 is 0 Å². The van der Waals surface area contributed by atoms with E-state index in [-0.39, 0.29) is 37.2 Å². The Bertz CT molecular complexity index is 1090. The van der Waals surface area contributed by atoms with Crippen LogP contribution in [0.25, 0.3) is 0 Å². The highest BCUT2D eigenvalue weighted by Gasteiger charge is 2.50. The Morgan fingerprint density at radius 1 is 1.20 bits per heavy atom. The Balaban J connectivity index is 1.71. The summed E-state index contributed by atoms with van der Waals surface area (Å²) in [5, 5.41) is 14.3. The van der Waals surface area contributed by atoms with Gasteiger partial charge in [-0.05, 0) is 55.4 Å². The molecule has 0 spiro atoms. The van der Waals surface area contributed by atoms with E-state index in [1.54, 1.807) is 12.1 Å². The first-order valence-corrected chi connectivity index (χ1v) is 10.7. The number of rotatable bonds is 5. The topological polar surface area (TPSA) is 114 Å². The zero-order valence-electron chi connectivity index (χ0n) is 18.7. The molecule has 0 radical (unpaired) electrons. The van der Waals surface area contributed by atoms with Gasteiger partial charge in [0.15, 0.2) is 5.54 Å². The molecule has 1 aromatic rings. The van der Waals surface area contributed by atoms with Crippen LogP contribution in [0.2, 0.25) is 0 Å². The van der Waals surface area contributed by atoms with E-state index in [0.717, 1.165) is 13.3 Å². The first kappa shape index (κ1) is 26.2. The van der Waals surface area contributed by atoms with Crippen LogP contribution < -0.4 is 10.6 Å². The average molecular weight is 492 g/mol. The van der Waals surface area contributed by atoms with Gasteiger partial charge in [0.2, 0.25) is 0 Å². The number of aliphatic hydroxyl groups is 1. The quantitative estimate of drug-likeness (QED) is 0.316. The highest BCUT2D eigenvalue weighted by atomic mass is 19.4. The van der Waals surface area contributed by atoms with E-state index < -0.39 is 35.6 Å². The first-order valence-electron chi connectivity index (χ1n) is 10.7. The summed E-state index contributed by atoms with van der Waals surface area (Å²) in [6, 6.07) is 4.98. The number of esters is 2. The van der Waals surface area contributed by atoms with Gasteiger partial charge in [0.05, 0.1) is 19.3 Å². The third-order valence-electron chi connectivity index (χ3n) is 5.66. The van der Waals surface area contributed by atoms with Crippen molar-refractivity contribution in [3.05, 3.63) is 35.4 Å². The van der Waals surface area contributed by atoms with Crippen LogP contribution in [-0.4, -0.2) is 67.1 Å². The minimum atomic E-state index is -5.38. The third kappa shape index (κ3) is 6.83. The molecule has 4 atom stereocenters. The highest BCUT2D eigenvalue weighted by molar-refractivity contribution is 6.00. The molecule has 2 aliphatic rings. The summed E-state index contributed by atoms with van der Waals surface area (Å²) in [4.78, 5) is 36.6. The van der Waals surface area contributed by atoms with E-state index in [9.17, 15) is 27.6 Å². The molecule has 0 aromatic heterocycles. The number of benzene rings is 1. The van der Waals surface area contributed by atoms with Crippen molar-refractivity contribution in [1.29, 1.82) is 0 Å². The molecule has 3 unspecified atom stereocenters. The second-order valence-corrected chi connectivity index (χ2v) is 8.29. The monoisotopic (exact) mass is 492 g/mol. The van der Waals surface area contributed by atoms with Gasteiger partial charge >= 0.3 is 18.1 Å². The van der Waals surface area contributed by atoms with Crippen molar-refractivity contribution in [2.24, 2.45) is 11.8 Å². The lowest BCUT2D eigenvalue weighted by atomic mass is 9.91. The van der Waals surface area contributed by atoms with Crippen molar-refractivity contribution >= 4 is 17.8 Å². The zero-order valence-corrected chi connectivity index (χ0v) is 18.7. The van der Waals surface area contributed by atoms with Gasteiger partial charge in [0.25, 0.3) is 5.91 Å². The maximum Gasteiger partial charge on any atom is 0.491 e. The molecule has 1 aliphatic heterocycles. The number of carbonyl (C=O) groups excluding carboxylic acids is 3. The number of amides is 1. The van der Waals surface area contributed by atoms with Gasteiger partial charge in [-0.3, -0.25) is 4.79 Å². The first-order chi connectivity index (χ1) is 16.5. The Labute approximate surface area is 199 Å². The van der Waals surface area contributed by atoms with Crippen molar-refractivity contribution in [3.8, 4) is 23.7 Å². The minimum absolute atomic E-state index is 0.100. The van der Waals surface area contributed by atoms with Crippen molar-refractivity contribution in [1.82, 2.24) is 10.6 Å². The molecule has 1 amide bonds. The summed E-state index contributed by atoms with van der Waals surface area (Å²) in [5.41, 5.74) is -1.38. The number of aliphatic hydroxyl groups excluding tert-OH is 1. The second kappa shape index (κ2) is 10.9. The van der Waals surface area contributed by atoms with Gasteiger partial charge in [0, 0.05) is 30.2 Å². The van der Waals surface area contributed by atoms with Gasteiger partial charge in [0.1, 0.15) is 0 Å². The van der Waals surface area contributed by atoms with Crippen molar-refractivity contribution in [2.45, 2.75) is 31.1 Å². The Morgan fingerprint density at radius 3 is 2.49 bits per heavy atom. The molecule has 8 nitrogen and oxygen atoms in total. The molecule has 1 aromatic carbocycles. The maximum atomic E-state index is 12.8. The molecule has 1 aliphatic carbocycles. The van der Waals surface area contributed by atoms with Gasteiger partial charge in [-0.2, -0.15) is 13.2 Å². The molecule has 11 heteroatoms. The largest absolute Gasteiger partial charge is 0.491 e. The molecule has 1 heterocycles. The number of hydrogen-bond donors (Lipinski definition) is 3. The molecular formula is C24H23F3N2O6. The fourth-order valence-electron chi connectivity index (χ4n) is 3.34. The van der Waals surface area contributed by atoms with Gasteiger partial charge in [-0.1, -0.05) is 11.8 Å². The van der Waals surface area contributed by atoms with Crippen LogP contribution in [0.1, 0.15) is 29.3 Å². The Morgan fingerprint density at radius 2 is 1.91 bits per heavy atom. The molecule has 1 saturated carbocycles. The van der Waals surface area contributed by atoms with E-state index >= 15 is 0 Å². The van der Waals surface area contributed by atoms with Crippen molar-refractivity contribution < 1.29 is 42.1 Å². The summed E-state index contributed by atoms with van der Waals surface area (Å²) < 4.78 is 47.1. The van der Waals surface area contributed by atoms with E-state index in [0.29, 0.717) is 12.2 Å². The molecule has 3 rings (SSSR count). The molecule has 0 bridgehead atoms. The van der Waals surface area contributed by atoms with Crippen molar-refractivity contribution in [3.63, 3.8) is 0 Å². The van der Waals surface area contributed by atoms with Crippen molar-refractivity contribution in [2.75, 3.05) is 26.4 Å². The summed E-state index contributed by atoms with van der Waals surface area (Å²) in [7, 11) is 0. The lowest BCUT2D eigenvalue weighted by Crippen LogP contribution is -2.68. The Hall–Kier alpha value is -3.38. The minimum Gasteiger partial charge on any atom is -0.396 e. The summed E-state index contributed by atoms with van der Waals surface area (Å²) in [5.74, 6) is 6.53. The number of carbonyl (C=O) groups is 3. The number of morpholine rings is 1. The normalized spacial score (nSPS) is 22.8. The maximum absolute atomic E-state index is 12.8. The molecule has 1 saturated heterocycles. The fraction of sp³-hybridized carbons (Fsp3) is 0.458. The van der Waals surface area contributed by atoms with Crippen LogP contribution in [0.3, 0.4) is 0 Å². The lowest BCUT2D eigenvalue weighted by molar-refractivity contribution is -0.204. The molecule has 3 N–H and O–H groups in total. The van der Waals surface area contributed by atoms with Crippen LogP contribution in [0, 0.1) is 35.5 Å². The van der Waals surface area contributed by atoms with Crippen LogP contribution in [0.15, 0.2) is 24.3 Å². The average Bonchev–Trinajstić information content (AvgIpc) is 3.60. The number of halogens is 3. The number of hydrogen-bond acceptors (Lipinski definition) is 7. The standard InChI is InChI=1S/C24H23F3N2O6/c1-23(19-14-34-11-10-28-19,21(32)35-22(33)24(25,26)27)29-20(31)16-8-6-15(7-9-16)4-2-3-5-17-12-18(17)13-30/h6-9,17-19,28,30H,10-14H2,1H3,(H,29,31)/t17?,18?,19-,23?/m1/s1. The number of nitrogens with one attached hydrogen (secondary N) is 2. The van der Waals surface area contributed by atoms with Crippen LogP contribution in [0.4, 0.5) is 13.2 Å². The third-order valence-corrected chi connectivity index (χ3v) is 5.66. The number of ether oxygens (including phenoxy) is 2. The predicted molar refractivity (Wildman–Crippen MR) is 115 cm³/mol. The van der Waals surface area contributed by atoms with Gasteiger partial charge in [-0.25, -0.2) is 9.59 Å². The summed E-state index contributed by atoms with van der Waals surface area (Å²) in [6.07, 6.45) is -4.52. The summed E-state index contributed by atoms with van der Waals surface area (Å²) in [6.45, 7) is 1.72. The SMILES string of the molecule is CC(NC(=O)c1ccc(C#CC#CC2CC2CO)cc1)(C(=O)OC(=O)C(F)(F)F)[C@H]1COCCN1. The predicted octanol–water partition coefficient (Wildman–Crippen LogP) is 0.779. The molecular weight excluding hydrogens is 469 g/mol. The van der Waals surface area contributed by atoms with Crippen LogP contribution in [-0.2, 0) is 19.1 Å². The van der Waals surface area contributed by atoms with E-state index in [1.165, 1.54) is 12.1 Å². The zero-order chi connectivity index (χ0) is 25.6. The van der Waals surface area contributed by atoms with E-state index in [4.69, 9.17) is 9.84 Å². The fourth-order valence-corrected chi connectivity index (χ4v) is 3.34. The van der Waals surface area contributed by atoms with E-state index in [2.05, 4.69) is 39.1 Å². The van der Waals surface area contributed by atoms with E-state index in [1.807, 2.05) is 0 Å². The molecule has 2 fully saturated rings. The van der Waals surface area contributed by atoms with Gasteiger partial charge in [-0.15, -0.1) is 0 Å². The highest BCUT2D eigenvalue weighted by Crippen LogP contribution is 2.36. The summed E-state index contributed by atoms with van der Waals surface area (Å²) >= 11 is 0. The lowest BCUT2D eigenvalue weighted by Gasteiger charge is -2.38. The smallest absolute Gasteiger partial charge is 0.396 e. The van der Waals surface area contributed by atoms with Crippen LogP contribution in [0.5, 0.6) is 0 Å². The Kier molecular flexibility index (Phi) is 8.18. The number of alkyl halides is 3.